The minimum Gasteiger partial charge on any atom is -0.313 e. The normalized spacial score (nSPS) is 19.2. The molecule has 1 saturated heterocycles. The molecule has 1 aromatic heterocycles. The van der Waals surface area contributed by atoms with E-state index in [-0.39, 0.29) is 23.3 Å². The third kappa shape index (κ3) is 4.65. The third-order valence-corrected chi connectivity index (χ3v) is 4.31. The van der Waals surface area contributed by atoms with E-state index < -0.39 is 23.0 Å². The van der Waals surface area contributed by atoms with Crippen molar-refractivity contribution in [1.82, 2.24) is 19.8 Å². The maximum atomic E-state index is 12.1. The first kappa shape index (κ1) is 17.3. The lowest BCUT2D eigenvalue weighted by Gasteiger charge is -2.10. The van der Waals surface area contributed by atoms with Gasteiger partial charge in [-0.15, -0.1) is 12.4 Å². The van der Waals surface area contributed by atoms with Crippen molar-refractivity contribution in [2.24, 2.45) is 0 Å². The molecule has 1 aliphatic rings. The van der Waals surface area contributed by atoms with E-state index in [4.69, 9.17) is 0 Å². The number of nitrogens with zero attached hydrogens (tertiary/aromatic N) is 2. The van der Waals surface area contributed by atoms with Gasteiger partial charge in [-0.3, -0.25) is 4.68 Å². The molecule has 1 unspecified atom stereocenters. The molecule has 0 aromatic carbocycles. The second kappa shape index (κ2) is 7.30. The zero-order chi connectivity index (χ0) is 13.9. The topological polar surface area (TPSA) is 76.0 Å². The van der Waals surface area contributed by atoms with Gasteiger partial charge < -0.3 is 5.32 Å². The van der Waals surface area contributed by atoms with Crippen LogP contribution in [-0.4, -0.2) is 43.8 Å². The Morgan fingerprint density at radius 3 is 2.90 bits per heavy atom. The van der Waals surface area contributed by atoms with Crippen LogP contribution in [0.4, 0.5) is 8.78 Å². The van der Waals surface area contributed by atoms with Crippen LogP contribution < -0.4 is 10.0 Å². The van der Waals surface area contributed by atoms with Gasteiger partial charge in [0.15, 0.2) is 0 Å². The number of hydrogen-bond acceptors (Lipinski definition) is 4. The molecular formula is C10H17ClF2N4O2S. The Balaban J connectivity index is 0.00000200. The molecule has 0 radical (unpaired) electrons. The highest BCUT2D eigenvalue weighted by Crippen LogP contribution is 2.10. The van der Waals surface area contributed by atoms with E-state index in [0.717, 1.165) is 36.5 Å². The summed E-state index contributed by atoms with van der Waals surface area (Å²) < 4.78 is 51.5. The van der Waals surface area contributed by atoms with Gasteiger partial charge in [-0.1, -0.05) is 0 Å². The highest BCUT2D eigenvalue weighted by Gasteiger charge is 2.20. The molecule has 2 N–H and O–H groups in total. The summed E-state index contributed by atoms with van der Waals surface area (Å²) >= 11 is 0. The smallest absolute Gasteiger partial charge is 0.257 e. The average molecular weight is 331 g/mol. The first-order chi connectivity index (χ1) is 8.97. The monoisotopic (exact) mass is 330 g/mol. The Bertz CT molecular complexity index is 517. The van der Waals surface area contributed by atoms with Gasteiger partial charge in [0.2, 0.25) is 10.0 Å². The van der Waals surface area contributed by atoms with Crippen molar-refractivity contribution in [1.29, 1.82) is 0 Å². The van der Waals surface area contributed by atoms with Crippen LogP contribution in [0.1, 0.15) is 12.8 Å². The van der Waals surface area contributed by atoms with Crippen LogP contribution in [0.25, 0.3) is 0 Å². The van der Waals surface area contributed by atoms with E-state index in [1.807, 2.05) is 0 Å². The summed E-state index contributed by atoms with van der Waals surface area (Å²) in [6.07, 6.45) is 1.57. The SMILES string of the molecule is Cl.O=S(=O)(NCC1CCCN1)c1cnn(CC(F)F)c1. The highest BCUT2D eigenvalue weighted by atomic mass is 35.5. The van der Waals surface area contributed by atoms with Crippen LogP contribution in [0.15, 0.2) is 17.3 Å². The molecule has 0 saturated carbocycles. The van der Waals surface area contributed by atoms with Crippen LogP contribution in [0.3, 0.4) is 0 Å². The summed E-state index contributed by atoms with van der Waals surface area (Å²) in [5.41, 5.74) is 0. The maximum Gasteiger partial charge on any atom is 0.257 e. The van der Waals surface area contributed by atoms with Gasteiger partial charge in [-0.2, -0.15) is 5.10 Å². The Morgan fingerprint density at radius 1 is 1.55 bits per heavy atom. The Kier molecular flexibility index (Phi) is 6.31. The lowest BCUT2D eigenvalue weighted by Crippen LogP contribution is -2.37. The second-order valence-corrected chi connectivity index (χ2v) is 6.20. The number of rotatable bonds is 6. The molecule has 0 bridgehead atoms. The summed E-state index contributed by atoms with van der Waals surface area (Å²) in [6, 6.07) is 0.130. The third-order valence-electron chi connectivity index (χ3n) is 2.93. The fraction of sp³-hybridized carbons (Fsp3) is 0.700. The Morgan fingerprint density at radius 2 is 2.30 bits per heavy atom. The van der Waals surface area contributed by atoms with Crippen LogP contribution >= 0.6 is 12.4 Å². The minimum absolute atomic E-state index is 0. The number of sulfonamides is 1. The quantitative estimate of drug-likeness (QED) is 0.801. The molecule has 0 aliphatic carbocycles. The molecule has 2 heterocycles. The first-order valence-corrected chi connectivity index (χ1v) is 7.49. The van der Waals surface area contributed by atoms with Crippen molar-refractivity contribution < 1.29 is 17.2 Å². The van der Waals surface area contributed by atoms with E-state index in [1.54, 1.807) is 0 Å². The van der Waals surface area contributed by atoms with Crippen LogP contribution in [0, 0.1) is 0 Å². The van der Waals surface area contributed by atoms with Gasteiger partial charge in [-0.25, -0.2) is 21.9 Å². The average Bonchev–Trinajstić information content (AvgIpc) is 2.96. The second-order valence-electron chi connectivity index (χ2n) is 4.43. The van der Waals surface area contributed by atoms with Gasteiger partial charge in [0.25, 0.3) is 6.43 Å². The summed E-state index contributed by atoms with van der Waals surface area (Å²) in [4.78, 5) is -0.0915. The van der Waals surface area contributed by atoms with Crippen molar-refractivity contribution in [3.63, 3.8) is 0 Å². The van der Waals surface area contributed by atoms with E-state index in [2.05, 4.69) is 15.1 Å². The molecular weight excluding hydrogens is 314 g/mol. The van der Waals surface area contributed by atoms with Crippen LogP contribution in [0.2, 0.25) is 0 Å². The lowest BCUT2D eigenvalue weighted by molar-refractivity contribution is 0.121. The van der Waals surface area contributed by atoms with E-state index in [0.29, 0.717) is 6.54 Å². The number of hydrogen-bond donors (Lipinski definition) is 2. The van der Waals surface area contributed by atoms with Crippen molar-refractivity contribution in [3.05, 3.63) is 12.4 Å². The summed E-state index contributed by atoms with van der Waals surface area (Å²) in [5.74, 6) is 0. The zero-order valence-electron chi connectivity index (χ0n) is 10.6. The lowest BCUT2D eigenvalue weighted by atomic mass is 10.2. The number of nitrogens with one attached hydrogen (secondary N) is 2. The molecule has 1 aromatic rings. The predicted molar refractivity (Wildman–Crippen MR) is 71.7 cm³/mol. The number of halogens is 3. The van der Waals surface area contributed by atoms with Gasteiger partial charge in [0, 0.05) is 18.8 Å². The highest BCUT2D eigenvalue weighted by molar-refractivity contribution is 7.89. The fourth-order valence-electron chi connectivity index (χ4n) is 1.95. The van der Waals surface area contributed by atoms with Crippen LogP contribution in [0.5, 0.6) is 0 Å². The van der Waals surface area contributed by atoms with Gasteiger partial charge >= 0.3 is 0 Å². The summed E-state index contributed by atoms with van der Waals surface area (Å²) in [6.45, 7) is 0.570. The minimum atomic E-state index is -3.68. The standard InChI is InChI=1S/C10H16F2N4O2S.ClH/c11-10(12)7-16-6-9(5-14-16)19(17,18)15-4-8-2-1-3-13-8;/h5-6,8,10,13,15H,1-4,7H2;1H. The number of alkyl halides is 2. The van der Waals surface area contributed by atoms with E-state index >= 15 is 0 Å². The molecule has 1 fully saturated rings. The van der Waals surface area contributed by atoms with Gasteiger partial charge in [0.1, 0.15) is 11.4 Å². The van der Waals surface area contributed by atoms with Crippen molar-refractivity contribution in [2.75, 3.05) is 13.1 Å². The molecule has 1 atom stereocenters. The molecule has 0 spiro atoms. The molecule has 20 heavy (non-hydrogen) atoms. The predicted octanol–water partition coefficient (Wildman–Crippen LogP) is 0.600. The van der Waals surface area contributed by atoms with Crippen molar-refractivity contribution >= 4 is 22.4 Å². The number of aromatic nitrogens is 2. The van der Waals surface area contributed by atoms with Gasteiger partial charge in [-0.05, 0) is 19.4 Å². The zero-order valence-corrected chi connectivity index (χ0v) is 12.3. The fourth-order valence-corrected chi connectivity index (χ4v) is 2.98. The van der Waals surface area contributed by atoms with E-state index in [9.17, 15) is 17.2 Å². The van der Waals surface area contributed by atoms with Gasteiger partial charge in [0.05, 0.1) is 6.20 Å². The molecule has 6 nitrogen and oxygen atoms in total. The summed E-state index contributed by atoms with van der Waals surface area (Å²) in [7, 11) is -3.68. The van der Waals surface area contributed by atoms with Crippen LogP contribution in [-0.2, 0) is 16.6 Å². The molecule has 1 aliphatic heterocycles. The summed E-state index contributed by atoms with van der Waals surface area (Å²) in [5, 5.41) is 6.77. The molecule has 116 valence electrons. The Labute approximate surface area is 122 Å². The van der Waals surface area contributed by atoms with E-state index in [1.165, 1.54) is 0 Å². The van der Waals surface area contributed by atoms with Crippen molar-refractivity contribution in [3.8, 4) is 0 Å². The Hall–Kier alpha value is -0.770. The molecule has 0 amide bonds. The first-order valence-electron chi connectivity index (χ1n) is 6.01. The van der Waals surface area contributed by atoms with Crippen molar-refractivity contribution in [2.45, 2.75) is 36.7 Å². The molecule has 2 rings (SSSR count). The largest absolute Gasteiger partial charge is 0.313 e. The molecule has 10 heteroatoms. The maximum absolute atomic E-state index is 12.1.